The molecule has 9 nitrogen and oxygen atoms in total. The van der Waals surface area contributed by atoms with Crippen molar-refractivity contribution in [2.45, 2.75) is 24.3 Å². The van der Waals surface area contributed by atoms with E-state index in [1.165, 1.54) is 30.5 Å². The minimum absolute atomic E-state index is 0.0243. The lowest BCUT2D eigenvalue weighted by atomic mass is 9.95. The molecule has 10 heteroatoms. The van der Waals surface area contributed by atoms with Gasteiger partial charge in [0.05, 0.1) is 11.2 Å². The predicted molar refractivity (Wildman–Crippen MR) is 125 cm³/mol. The molecule has 1 fully saturated rings. The van der Waals surface area contributed by atoms with E-state index in [2.05, 4.69) is 5.32 Å². The molecule has 0 aliphatic carbocycles. The summed E-state index contributed by atoms with van der Waals surface area (Å²) in [6.07, 6.45) is 2.48. The first-order valence-electron chi connectivity index (χ1n) is 10.8. The van der Waals surface area contributed by atoms with Gasteiger partial charge in [0.15, 0.2) is 5.76 Å². The lowest BCUT2D eigenvalue weighted by molar-refractivity contribution is -0.121. The van der Waals surface area contributed by atoms with E-state index >= 15 is 0 Å². The van der Waals surface area contributed by atoms with Gasteiger partial charge in [-0.3, -0.25) is 9.59 Å². The zero-order chi connectivity index (χ0) is 24.1. The van der Waals surface area contributed by atoms with Gasteiger partial charge in [-0.1, -0.05) is 18.2 Å². The van der Waals surface area contributed by atoms with Gasteiger partial charge in [0, 0.05) is 30.3 Å². The molecule has 2 heterocycles. The van der Waals surface area contributed by atoms with Gasteiger partial charge in [-0.15, -0.1) is 0 Å². The molecule has 178 valence electrons. The van der Waals surface area contributed by atoms with E-state index in [0.29, 0.717) is 42.9 Å². The van der Waals surface area contributed by atoms with Crippen LogP contribution in [-0.4, -0.2) is 38.2 Å². The van der Waals surface area contributed by atoms with Crippen LogP contribution in [-0.2, 0) is 21.4 Å². The summed E-state index contributed by atoms with van der Waals surface area (Å²) in [6.45, 7) is 1.05. The normalized spacial score (nSPS) is 14.6. The molecular weight excluding hydrogens is 458 g/mol. The summed E-state index contributed by atoms with van der Waals surface area (Å²) in [5.74, 6) is 0.279. The molecular formula is C24H25N3O6S. The van der Waals surface area contributed by atoms with Gasteiger partial charge in [0.1, 0.15) is 12.4 Å². The number of anilines is 1. The first-order valence-corrected chi connectivity index (χ1v) is 12.3. The Balaban J connectivity index is 1.30. The van der Waals surface area contributed by atoms with Crippen LogP contribution < -0.4 is 15.2 Å². The van der Waals surface area contributed by atoms with E-state index in [1.807, 2.05) is 30.3 Å². The smallest absolute Gasteiger partial charge is 0.289 e. The molecule has 0 bridgehead atoms. The number of hydrogen-bond acceptors (Lipinski definition) is 6. The van der Waals surface area contributed by atoms with Crippen LogP contribution >= 0.6 is 0 Å². The lowest BCUT2D eigenvalue weighted by Crippen LogP contribution is -2.41. The minimum atomic E-state index is -3.79. The van der Waals surface area contributed by atoms with Gasteiger partial charge < -0.3 is 19.4 Å². The number of para-hydroxylation sites is 1. The monoisotopic (exact) mass is 483 g/mol. The molecule has 2 amide bonds. The number of benzene rings is 2. The standard InChI is InChI=1S/C24H25N3O6S/c25-34(30,31)21-8-6-19(7-9-21)26-23(28)17-10-13-27(14-11-17)24(29)22-18(12-15-32-22)16-33-20-4-2-1-3-5-20/h1-9,12,15,17H,10-11,13-14,16H2,(H,26,28)(H2,25,30,31). The first kappa shape index (κ1) is 23.5. The summed E-state index contributed by atoms with van der Waals surface area (Å²) in [6, 6.07) is 16.7. The molecule has 0 radical (unpaired) electrons. The van der Waals surface area contributed by atoms with E-state index in [1.54, 1.807) is 11.0 Å². The van der Waals surface area contributed by atoms with E-state index < -0.39 is 10.0 Å². The zero-order valence-corrected chi connectivity index (χ0v) is 19.2. The van der Waals surface area contributed by atoms with Crippen molar-refractivity contribution in [3.63, 3.8) is 0 Å². The van der Waals surface area contributed by atoms with Gasteiger partial charge >= 0.3 is 0 Å². The number of sulfonamides is 1. The molecule has 3 aromatic rings. The van der Waals surface area contributed by atoms with Crippen molar-refractivity contribution < 1.29 is 27.2 Å². The molecule has 1 saturated heterocycles. The predicted octanol–water partition coefficient (Wildman–Crippen LogP) is 3.00. The van der Waals surface area contributed by atoms with Crippen molar-refractivity contribution in [1.29, 1.82) is 0 Å². The van der Waals surface area contributed by atoms with E-state index in [9.17, 15) is 18.0 Å². The molecule has 34 heavy (non-hydrogen) atoms. The van der Waals surface area contributed by atoms with Crippen molar-refractivity contribution in [3.05, 3.63) is 78.3 Å². The summed E-state index contributed by atoms with van der Waals surface area (Å²) in [4.78, 5) is 27.3. The Morgan fingerprint density at radius 3 is 2.35 bits per heavy atom. The fourth-order valence-electron chi connectivity index (χ4n) is 3.78. The summed E-state index contributed by atoms with van der Waals surface area (Å²) in [7, 11) is -3.79. The highest BCUT2D eigenvalue weighted by Gasteiger charge is 2.30. The second-order valence-corrected chi connectivity index (χ2v) is 9.56. The highest BCUT2D eigenvalue weighted by atomic mass is 32.2. The lowest BCUT2D eigenvalue weighted by Gasteiger charge is -2.31. The summed E-state index contributed by atoms with van der Waals surface area (Å²) in [5, 5.41) is 7.88. The van der Waals surface area contributed by atoms with Gasteiger partial charge in [-0.25, -0.2) is 13.6 Å². The SMILES string of the molecule is NS(=O)(=O)c1ccc(NC(=O)C2CCN(C(=O)c3occc3COc3ccccc3)CC2)cc1. The van der Waals surface area contributed by atoms with Gasteiger partial charge in [0.2, 0.25) is 15.9 Å². The van der Waals surface area contributed by atoms with Gasteiger partial charge in [-0.05, 0) is 55.3 Å². The Kier molecular flexibility index (Phi) is 6.99. The number of primary sulfonamides is 1. The number of amides is 2. The maximum absolute atomic E-state index is 13.0. The molecule has 1 aromatic heterocycles. The molecule has 2 aromatic carbocycles. The number of carbonyl (C=O) groups excluding carboxylic acids is 2. The Bertz CT molecular complexity index is 1250. The third kappa shape index (κ3) is 5.64. The van der Waals surface area contributed by atoms with E-state index in [-0.39, 0.29) is 35.0 Å². The number of nitrogens with one attached hydrogen (secondary N) is 1. The highest BCUT2D eigenvalue weighted by Crippen LogP contribution is 2.23. The second-order valence-electron chi connectivity index (χ2n) is 8.00. The number of nitrogens with two attached hydrogens (primary N) is 1. The third-order valence-corrected chi connectivity index (χ3v) is 6.61. The van der Waals surface area contributed by atoms with Crippen LogP contribution in [0.15, 0.2) is 76.2 Å². The second kappa shape index (κ2) is 10.1. The fourth-order valence-corrected chi connectivity index (χ4v) is 4.29. The molecule has 1 aliphatic rings. The summed E-state index contributed by atoms with van der Waals surface area (Å²) < 4.78 is 33.9. The van der Waals surface area contributed by atoms with Crippen LogP contribution in [0.4, 0.5) is 5.69 Å². The number of likely N-dealkylation sites (tertiary alicyclic amines) is 1. The van der Waals surface area contributed by atoms with Crippen molar-refractivity contribution in [2.75, 3.05) is 18.4 Å². The van der Waals surface area contributed by atoms with Crippen molar-refractivity contribution >= 4 is 27.5 Å². The Hall–Kier alpha value is -3.63. The molecule has 1 aliphatic heterocycles. The number of furan rings is 1. The molecule has 0 spiro atoms. The Morgan fingerprint density at radius 2 is 1.71 bits per heavy atom. The highest BCUT2D eigenvalue weighted by molar-refractivity contribution is 7.89. The summed E-state index contributed by atoms with van der Waals surface area (Å²) >= 11 is 0. The Morgan fingerprint density at radius 1 is 1.03 bits per heavy atom. The maximum atomic E-state index is 13.0. The largest absolute Gasteiger partial charge is 0.489 e. The van der Waals surface area contributed by atoms with Crippen LogP contribution in [0.1, 0.15) is 29.0 Å². The Labute approximate surface area is 197 Å². The van der Waals surface area contributed by atoms with Gasteiger partial charge in [0.25, 0.3) is 5.91 Å². The number of nitrogens with zero attached hydrogens (tertiary/aromatic N) is 1. The average molecular weight is 484 g/mol. The molecule has 0 atom stereocenters. The van der Waals surface area contributed by atoms with Crippen LogP contribution in [0.25, 0.3) is 0 Å². The number of rotatable bonds is 7. The third-order valence-electron chi connectivity index (χ3n) is 5.68. The van der Waals surface area contributed by atoms with Crippen LogP contribution in [0.2, 0.25) is 0 Å². The van der Waals surface area contributed by atoms with Crippen molar-refractivity contribution in [3.8, 4) is 5.75 Å². The van der Waals surface area contributed by atoms with Crippen molar-refractivity contribution in [1.82, 2.24) is 4.90 Å². The van der Waals surface area contributed by atoms with E-state index in [4.69, 9.17) is 14.3 Å². The van der Waals surface area contributed by atoms with Crippen LogP contribution in [0.3, 0.4) is 0 Å². The minimum Gasteiger partial charge on any atom is -0.489 e. The topological polar surface area (TPSA) is 132 Å². The maximum Gasteiger partial charge on any atom is 0.289 e. The zero-order valence-electron chi connectivity index (χ0n) is 18.3. The van der Waals surface area contributed by atoms with Crippen LogP contribution in [0, 0.1) is 5.92 Å². The number of hydrogen-bond donors (Lipinski definition) is 2. The molecule has 3 N–H and O–H groups in total. The number of carbonyl (C=O) groups is 2. The molecule has 4 rings (SSSR count). The molecule has 0 unspecified atom stereocenters. The molecule has 0 saturated carbocycles. The number of piperidine rings is 1. The number of ether oxygens (including phenoxy) is 1. The van der Waals surface area contributed by atoms with E-state index in [0.717, 1.165) is 0 Å². The van der Waals surface area contributed by atoms with Gasteiger partial charge in [-0.2, -0.15) is 0 Å². The van der Waals surface area contributed by atoms with Crippen LogP contribution in [0.5, 0.6) is 5.75 Å². The van der Waals surface area contributed by atoms with Crippen molar-refractivity contribution in [2.24, 2.45) is 11.1 Å². The first-order chi connectivity index (χ1) is 16.3. The fraction of sp³-hybridized carbons (Fsp3) is 0.250. The average Bonchev–Trinajstić information content (AvgIpc) is 3.31. The summed E-state index contributed by atoms with van der Waals surface area (Å²) in [5.41, 5.74) is 1.14. The quantitative estimate of drug-likeness (QED) is 0.531.